The normalized spacial score (nSPS) is 12.6. The van der Waals surface area contributed by atoms with Gasteiger partial charge < -0.3 is 29.6 Å². The number of hydrogen-bond donors (Lipinski definition) is 2. The zero-order chi connectivity index (χ0) is 31.1. The second-order valence-corrected chi connectivity index (χ2v) is 12.0. The maximum Gasteiger partial charge on any atom is 0.408 e. The maximum atomic E-state index is 13.1. The van der Waals surface area contributed by atoms with Crippen LogP contribution in [0.4, 0.5) is 4.79 Å². The Kier molecular flexibility index (Phi) is 14.3. The molecule has 2 rings (SSSR count). The van der Waals surface area contributed by atoms with Crippen LogP contribution in [0.15, 0.2) is 54.6 Å². The smallest absolute Gasteiger partial charge is 0.408 e. The number of rotatable bonds is 15. The average molecular weight is 603 g/mol. The number of alkyl carbamates (subject to hydrolysis) is 1. The summed E-state index contributed by atoms with van der Waals surface area (Å²) in [6.07, 6.45) is -0.778. The number of carbonyl (C=O) groups excluding carboxylic acids is 4. The van der Waals surface area contributed by atoms with Crippen LogP contribution in [-0.4, -0.2) is 80.1 Å². The SMILES string of the molecule is COC(=O)[C@H](COCC(C)C)NC(=O)[C@H](CSCCOC(=O)c1ccc(-c2ccccc2)cc1)NC(=O)OC(C)(C)C. The summed E-state index contributed by atoms with van der Waals surface area (Å²) in [4.78, 5) is 50.3. The Morgan fingerprint density at radius 3 is 2.10 bits per heavy atom. The van der Waals surface area contributed by atoms with Crippen molar-refractivity contribution in [3.8, 4) is 11.1 Å². The van der Waals surface area contributed by atoms with E-state index < -0.39 is 41.6 Å². The van der Waals surface area contributed by atoms with Crippen LogP contribution in [0, 0.1) is 5.92 Å². The Bertz CT molecular complexity index is 1150. The summed E-state index contributed by atoms with van der Waals surface area (Å²) < 4.78 is 21.0. The van der Waals surface area contributed by atoms with Crippen LogP contribution in [-0.2, 0) is 28.5 Å². The van der Waals surface area contributed by atoms with Gasteiger partial charge in [-0.15, -0.1) is 0 Å². The lowest BCUT2D eigenvalue weighted by Gasteiger charge is -2.25. The minimum atomic E-state index is -1.05. The van der Waals surface area contributed by atoms with Crippen molar-refractivity contribution >= 4 is 35.7 Å². The second kappa shape index (κ2) is 17.4. The van der Waals surface area contributed by atoms with Crippen LogP contribution in [0.2, 0.25) is 0 Å². The van der Waals surface area contributed by atoms with Gasteiger partial charge in [-0.3, -0.25) is 4.79 Å². The number of carbonyl (C=O) groups is 4. The molecule has 0 saturated carbocycles. The van der Waals surface area contributed by atoms with Gasteiger partial charge in [-0.2, -0.15) is 11.8 Å². The minimum Gasteiger partial charge on any atom is -0.467 e. The van der Waals surface area contributed by atoms with E-state index >= 15 is 0 Å². The van der Waals surface area contributed by atoms with E-state index in [1.165, 1.54) is 18.9 Å². The first-order valence-corrected chi connectivity index (χ1v) is 14.9. The molecule has 2 aromatic carbocycles. The lowest BCUT2D eigenvalue weighted by molar-refractivity contribution is -0.147. The molecule has 0 saturated heterocycles. The minimum absolute atomic E-state index is 0.0782. The topological polar surface area (TPSA) is 129 Å². The molecule has 2 amide bonds. The molecule has 2 atom stereocenters. The van der Waals surface area contributed by atoms with Gasteiger partial charge in [-0.25, -0.2) is 14.4 Å². The molecule has 0 unspecified atom stereocenters. The Morgan fingerprint density at radius 2 is 1.50 bits per heavy atom. The third-order valence-electron chi connectivity index (χ3n) is 5.52. The zero-order valence-corrected chi connectivity index (χ0v) is 26.0. The molecular formula is C31H42N2O8S. The molecule has 42 heavy (non-hydrogen) atoms. The van der Waals surface area contributed by atoms with Crippen molar-refractivity contribution in [3.05, 3.63) is 60.2 Å². The molecule has 0 aromatic heterocycles. The van der Waals surface area contributed by atoms with Gasteiger partial charge in [0.05, 0.1) is 19.3 Å². The van der Waals surface area contributed by atoms with Gasteiger partial charge >= 0.3 is 18.0 Å². The molecule has 0 fully saturated rings. The highest BCUT2D eigenvalue weighted by Gasteiger charge is 2.29. The zero-order valence-electron chi connectivity index (χ0n) is 25.1. The Morgan fingerprint density at radius 1 is 0.857 bits per heavy atom. The monoisotopic (exact) mass is 602 g/mol. The fourth-order valence-corrected chi connectivity index (χ4v) is 4.38. The van der Waals surface area contributed by atoms with E-state index in [4.69, 9.17) is 18.9 Å². The lowest BCUT2D eigenvalue weighted by atomic mass is 10.0. The maximum absolute atomic E-state index is 13.1. The first kappa shape index (κ1) is 34.6. The van der Waals surface area contributed by atoms with E-state index in [2.05, 4.69) is 10.6 Å². The standard InChI is InChI=1S/C31H42N2O8S/c1-21(2)18-39-19-25(29(36)38-6)32-27(34)26(33-30(37)41-31(3,4)5)20-42-17-16-40-28(35)24-14-12-23(13-15-24)22-10-8-7-9-11-22/h7-15,21,25-26H,16-20H2,1-6H3,(H,32,34)(H,33,37)/t25-,26-/m0/s1. The largest absolute Gasteiger partial charge is 0.467 e. The number of ether oxygens (including phenoxy) is 4. The van der Waals surface area contributed by atoms with Gasteiger partial charge in [-0.05, 0) is 49.9 Å². The lowest BCUT2D eigenvalue weighted by Crippen LogP contribution is -2.54. The van der Waals surface area contributed by atoms with Crippen molar-refractivity contribution in [3.63, 3.8) is 0 Å². The summed E-state index contributed by atoms with van der Waals surface area (Å²) in [7, 11) is 1.22. The van der Waals surface area contributed by atoms with Crippen molar-refractivity contribution in [2.75, 3.05) is 38.4 Å². The Labute approximate surface area is 252 Å². The molecule has 2 aromatic rings. The number of hydrogen-bond acceptors (Lipinski definition) is 9. The average Bonchev–Trinajstić information content (AvgIpc) is 2.94. The number of thioether (sulfide) groups is 1. The van der Waals surface area contributed by atoms with Crippen molar-refractivity contribution in [2.45, 2.75) is 52.3 Å². The van der Waals surface area contributed by atoms with Gasteiger partial charge in [0.1, 0.15) is 18.2 Å². The predicted molar refractivity (Wildman–Crippen MR) is 162 cm³/mol. The van der Waals surface area contributed by atoms with Crippen molar-refractivity contribution in [1.82, 2.24) is 10.6 Å². The summed E-state index contributed by atoms with van der Waals surface area (Å²) in [5, 5.41) is 5.16. The molecule has 11 heteroatoms. The van der Waals surface area contributed by atoms with E-state index in [-0.39, 0.29) is 24.9 Å². The van der Waals surface area contributed by atoms with E-state index in [9.17, 15) is 19.2 Å². The van der Waals surface area contributed by atoms with Crippen molar-refractivity contribution < 1.29 is 38.1 Å². The van der Waals surface area contributed by atoms with Gasteiger partial charge in [0.15, 0.2) is 6.04 Å². The van der Waals surface area contributed by atoms with Gasteiger partial charge in [0, 0.05) is 18.1 Å². The van der Waals surface area contributed by atoms with Crippen LogP contribution in [0.5, 0.6) is 0 Å². The molecule has 0 aliphatic carbocycles. The first-order valence-electron chi connectivity index (χ1n) is 13.8. The van der Waals surface area contributed by atoms with E-state index in [1.807, 2.05) is 56.3 Å². The quantitative estimate of drug-likeness (QED) is 0.172. The predicted octanol–water partition coefficient (Wildman–Crippen LogP) is 4.47. The van der Waals surface area contributed by atoms with E-state index in [1.54, 1.807) is 32.9 Å². The molecule has 0 bridgehead atoms. The molecule has 0 aliphatic heterocycles. The fraction of sp³-hybridized carbons (Fsp3) is 0.484. The third kappa shape index (κ3) is 12.9. The highest BCUT2D eigenvalue weighted by Crippen LogP contribution is 2.19. The molecule has 0 spiro atoms. The van der Waals surface area contributed by atoms with Gasteiger partial charge in [0.2, 0.25) is 5.91 Å². The summed E-state index contributed by atoms with van der Waals surface area (Å²) in [6, 6.07) is 14.9. The Balaban J connectivity index is 1.93. The number of benzene rings is 2. The molecule has 2 N–H and O–H groups in total. The van der Waals surface area contributed by atoms with Crippen LogP contribution in [0.3, 0.4) is 0 Å². The van der Waals surface area contributed by atoms with E-state index in [0.29, 0.717) is 17.9 Å². The van der Waals surface area contributed by atoms with Crippen molar-refractivity contribution in [2.24, 2.45) is 5.92 Å². The molecule has 10 nitrogen and oxygen atoms in total. The molecule has 0 heterocycles. The highest BCUT2D eigenvalue weighted by molar-refractivity contribution is 7.99. The van der Waals surface area contributed by atoms with Crippen LogP contribution < -0.4 is 10.6 Å². The second-order valence-electron chi connectivity index (χ2n) is 10.9. The molecule has 0 radical (unpaired) electrons. The summed E-state index contributed by atoms with van der Waals surface area (Å²) in [5.74, 6) is -0.994. The summed E-state index contributed by atoms with van der Waals surface area (Å²) in [6.45, 7) is 9.46. The molecule has 0 aliphatic rings. The van der Waals surface area contributed by atoms with Crippen LogP contribution in [0.1, 0.15) is 45.0 Å². The number of methoxy groups -OCH3 is 1. The first-order chi connectivity index (χ1) is 19.9. The van der Waals surface area contributed by atoms with Crippen LogP contribution in [0.25, 0.3) is 11.1 Å². The van der Waals surface area contributed by atoms with Crippen molar-refractivity contribution in [1.29, 1.82) is 0 Å². The Hall–Kier alpha value is -3.57. The summed E-state index contributed by atoms with van der Waals surface area (Å²) >= 11 is 1.29. The van der Waals surface area contributed by atoms with Gasteiger partial charge in [0.25, 0.3) is 0 Å². The molecular weight excluding hydrogens is 560 g/mol. The highest BCUT2D eigenvalue weighted by atomic mass is 32.2. The van der Waals surface area contributed by atoms with Gasteiger partial charge in [-0.1, -0.05) is 56.3 Å². The number of esters is 2. The fourth-order valence-electron chi connectivity index (χ4n) is 3.54. The summed E-state index contributed by atoms with van der Waals surface area (Å²) in [5.41, 5.74) is 1.70. The van der Waals surface area contributed by atoms with E-state index in [0.717, 1.165) is 11.1 Å². The van der Waals surface area contributed by atoms with Crippen LogP contribution >= 0.6 is 11.8 Å². The third-order valence-corrected chi connectivity index (χ3v) is 6.54. The number of nitrogens with one attached hydrogen (secondary N) is 2. The number of amides is 2. The molecule has 230 valence electrons.